The lowest BCUT2D eigenvalue weighted by Gasteiger charge is -2.34. The number of halogens is 2. The first-order chi connectivity index (χ1) is 27.6. The van der Waals surface area contributed by atoms with Crippen LogP contribution >= 0.6 is 23.2 Å². The molecule has 2 aliphatic rings. The third-order valence-electron chi connectivity index (χ3n) is 11.9. The smallest absolute Gasteiger partial charge is 0.266 e. The molecule has 2 aliphatic heterocycles. The molecule has 0 spiro atoms. The van der Waals surface area contributed by atoms with Gasteiger partial charge in [0.15, 0.2) is 0 Å². The summed E-state index contributed by atoms with van der Waals surface area (Å²) in [4.78, 5) is 61.7. The van der Waals surface area contributed by atoms with Gasteiger partial charge in [-0.25, -0.2) is 9.80 Å². The molecule has 0 unspecified atom stereocenters. The summed E-state index contributed by atoms with van der Waals surface area (Å²) in [6.07, 6.45) is 0. The molecule has 0 atom stereocenters. The Morgan fingerprint density at radius 1 is 0.414 bits per heavy atom. The number of benzene rings is 7. The van der Waals surface area contributed by atoms with Crippen molar-refractivity contribution >= 4 is 101 Å². The lowest BCUT2D eigenvalue weighted by molar-refractivity contribution is 0.0877. The van der Waals surface area contributed by atoms with E-state index in [0.29, 0.717) is 65.9 Å². The van der Waals surface area contributed by atoms with Crippen molar-refractivity contribution in [3.8, 4) is 0 Å². The van der Waals surface area contributed by atoms with Crippen LogP contribution in [0.4, 0.5) is 11.4 Å². The molecule has 0 bridgehead atoms. The molecular weight excluding hydrogens is 767 g/mol. The quantitative estimate of drug-likeness (QED) is 0.103. The fourth-order valence-electron chi connectivity index (χ4n) is 9.31. The van der Waals surface area contributed by atoms with Gasteiger partial charge in [0.05, 0.1) is 22.5 Å². The molecule has 9 heteroatoms. The third kappa shape index (κ3) is 5.36. The van der Waals surface area contributed by atoms with Crippen molar-refractivity contribution < 1.29 is 24.3 Å². The Bertz CT molecular complexity index is 2690. The first kappa shape index (κ1) is 39.5. The SMILES string of the molecule is CC(C)c1cccc(C(C)C)c1N1C(=O)c2ccc3c4ccc5c6c(cc(Cl)c(c7c(Cl)cc(c2c37)C1=O)c64)C(=O)N(c1c(C(C)C)cccc1C(C)C)C5=O.CO. The monoisotopic (exact) mass is 810 g/mol. The Labute approximate surface area is 347 Å². The molecule has 0 aromatic heterocycles. The molecule has 7 aromatic carbocycles. The van der Waals surface area contributed by atoms with Gasteiger partial charge in [0.1, 0.15) is 0 Å². The van der Waals surface area contributed by atoms with Crippen molar-refractivity contribution in [2.24, 2.45) is 0 Å². The van der Waals surface area contributed by atoms with E-state index in [-0.39, 0.29) is 33.7 Å². The molecule has 0 saturated carbocycles. The average Bonchev–Trinajstić information content (AvgIpc) is 3.19. The molecule has 1 N–H and O–H groups in total. The minimum atomic E-state index is -0.441. The molecule has 9 rings (SSSR count). The number of fused-ring (bicyclic) bond motifs is 2. The fraction of sp³-hybridized carbons (Fsp3) is 0.265. The largest absolute Gasteiger partial charge is 0.400 e. The second-order valence-electron chi connectivity index (χ2n) is 16.5. The average molecular weight is 812 g/mol. The summed E-state index contributed by atoms with van der Waals surface area (Å²) in [7, 11) is 1.00. The highest BCUT2D eigenvalue weighted by Crippen LogP contribution is 2.52. The van der Waals surface area contributed by atoms with Crippen molar-refractivity contribution in [2.45, 2.75) is 79.1 Å². The fourth-order valence-corrected chi connectivity index (χ4v) is 9.91. The van der Waals surface area contributed by atoms with Crippen LogP contribution in [0.3, 0.4) is 0 Å². The summed E-state index contributed by atoms with van der Waals surface area (Å²) in [5.41, 5.74) is 6.32. The van der Waals surface area contributed by atoms with E-state index >= 15 is 0 Å². The molecule has 4 amide bonds. The highest BCUT2D eigenvalue weighted by Gasteiger charge is 2.41. The van der Waals surface area contributed by atoms with Crippen LogP contribution in [0.15, 0.2) is 72.8 Å². The van der Waals surface area contributed by atoms with Crippen LogP contribution in [-0.4, -0.2) is 35.8 Å². The van der Waals surface area contributed by atoms with Gasteiger partial charge in [-0.2, -0.15) is 0 Å². The van der Waals surface area contributed by atoms with E-state index in [9.17, 15) is 19.2 Å². The maximum Gasteiger partial charge on any atom is 0.266 e. The van der Waals surface area contributed by atoms with E-state index in [1.54, 1.807) is 24.3 Å². The lowest BCUT2D eigenvalue weighted by Crippen LogP contribution is -2.42. The van der Waals surface area contributed by atoms with Crippen LogP contribution < -0.4 is 9.80 Å². The summed E-state index contributed by atoms with van der Waals surface area (Å²) in [5.74, 6) is -1.47. The summed E-state index contributed by atoms with van der Waals surface area (Å²) in [5, 5.41) is 12.5. The van der Waals surface area contributed by atoms with Crippen molar-refractivity contribution in [2.75, 3.05) is 16.9 Å². The zero-order chi connectivity index (χ0) is 41.8. The summed E-state index contributed by atoms with van der Waals surface area (Å²) < 4.78 is 0. The standard InChI is InChI=1S/C48H40Cl2N2O4.CH4O/c1-21(2)25-11-9-12-26(22(3)4)43(25)51-45(53)31-17-15-29-30-16-18-32-38-34(48(56)52(46(32)54)44-27(23(5)6)13-10-14-28(44)24(7)8)20-36(50)42(40(30)38)41-35(49)19-33(47(51)55)37(31)39(29)41;1-2/h9-24H,1-8H3;2H,1H3. The Balaban J connectivity index is 0.00000231. The molecular formula is C49H44Cl2N2O5. The van der Waals surface area contributed by atoms with Crippen molar-refractivity contribution in [3.05, 3.63) is 127 Å². The van der Waals surface area contributed by atoms with Crippen LogP contribution in [0, 0.1) is 0 Å². The summed E-state index contributed by atoms with van der Waals surface area (Å²) in [6, 6.07) is 22.5. The molecule has 0 fully saturated rings. The van der Waals surface area contributed by atoms with Gasteiger partial charge in [0.2, 0.25) is 0 Å². The van der Waals surface area contributed by atoms with Crippen molar-refractivity contribution in [1.29, 1.82) is 0 Å². The van der Waals surface area contributed by atoms with E-state index in [4.69, 9.17) is 28.3 Å². The van der Waals surface area contributed by atoms with Gasteiger partial charge in [-0.05, 0) is 81.0 Å². The summed E-state index contributed by atoms with van der Waals surface area (Å²) in [6.45, 7) is 16.5. The number of imide groups is 2. The highest BCUT2D eigenvalue weighted by atomic mass is 35.5. The zero-order valence-electron chi connectivity index (χ0n) is 34.0. The van der Waals surface area contributed by atoms with Crippen LogP contribution in [0.5, 0.6) is 0 Å². The predicted octanol–water partition coefficient (Wildman–Crippen LogP) is 12.7. The van der Waals surface area contributed by atoms with Crippen LogP contribution in [0.25, 0.3) is 43.1 Å². The molecule has 2 heterocycles. The Kier molecular flexibility index (Phi) is 9.66. The molecule has 0 aliphatic carbocycles. The Morgan fingerprint density at radius 3 is 1.00 bits per heavy atom. The van der Waals surface area contributed by atoms with Gasteiger partial charge in [-0.1, -0.05) is 127 Å². The molecule has 7 nitrogen and oxygen atoms in total. The lowest BCUT2D eigenvalue weighted by atomic mass is 9.81. The van der Waals surface area contributed by atoms with Crippen molar-refractivity contribution in [3.63, 3.8) is 0 Å². The first-order valence-electron chi connectivity index (χ1n) is 19.7. The van der Waals surface area contributed by atoms with Gasteiger partial charge in [0.25, 0.3) is 23.6 Å². The number of aliphatic hydroxyl groups excluding tert-OH is 1. The number of aliphatic hydroxyl groups is 1. The number of hydrogen-bond acceptors (Lipinski definition) is 5. The number of rotatable bonds is 6. The van der Waals surface area contributed by atoms with E-state index in [1.165, 1.54) is 9.80 Å². The number of amides is 4. The number of carbonyl (C=O) groups excluding carboxylic acids is 4. The second kappa shape index (κ2) is 14.2. The van der Waals surface area contributed by atoms with E-state index < -0.39 is 23.6 Å². The van der Waals surface area contributed by atoms with Crippen LogP contribution in [0.2, 0.25) is 10.0 Å². The second-order valence-corrected chi connectivity index (χ2v) is 17.3. The Hall–Kier alpha value is -5.34. The third-order valence-corrected chi connectivity index (χ3v) is 12.5. The van der Waals surface area contributed by atoms with Gasteiger partial charge in [-0.3, -0.25) is 19.2 Å². The van der Waals surface area contributed by atoms with E-state index in [0.717, 1.165) is 40.1 Å². The first-order valence-corrected chi connectivity index (χ1v) is 20.5. The zero-order valence-corrected chi connectivity index (χ0v) is 35.5. The maximum absolute atomic E-state index is 14.8. The maximum atomic E-state index is 14.8. The highest BCUT2D eigenvalue weighted by molar-refractivity contribution is 6.53. The van der Waals surface area contributed by atoms with Crippen molar-refractivity contribution in [1.82, 2.24) is 0 Å². The molecule has 0 saturated heterocycles. The number of nitrogens with zero attached hydrogens (tertiary/aromatic N) is 2. The molecule has 294 valence electrons. The van der Waals surface area contributed by atoms with E-state index in [1.807, 2.05) is 48.5 Å². The van der Waals surface area contributed by atoms with E-state index in [2.05, 4.69) is 55.4 Å². The van der Waals surface area contributed by atoms with Gasteiger partial charge < -0.3 is 5.11 Å². The molecule has 58 heavy (non-hydrogen) atoms. The van der Waals surface area contributed by atoms with Crippen LogP contribution in [0.1, 0.15) is 143 Å². The van der Waals surface area contributed by atoms with Crippen LogP contribution in [-0.2, 0) is 0 Å². The predicted molar refractivity (Wildman–Crippen MR) is 237 cm³/mol. The molecule has 0 radical (unpaired) electrons. The minimum absolute atomic E-state index is 0.0541. The topological polar surface area (TPSA) is 95.0 Å². The number of anilines is 2. The Morgan fingerprint density at radius 2 is 0.707 bits per heavy atom. The number of para-hydroxylation sites is 2. The number of carbonyl (C=O) groups is 4. The molecule has 7 aromatic rings. The normalized spacial score (nSPS) is 14.2. The van der Waals surface area contributed by atoms with Gasteiger partial charge in [0, 0.05) is 60.6 Å². The van der Waals surface area contributed by atoms with Gasteiger partial charge >= 0.3 is 0 Å². The van der Waals surface area contributed by atoms with Gasteiger partial charge in [-0.15, -0.1) is 0 Å². The minimum Gasteiger partial charge on any atom is -0.400 e. The summed E-state index contributed by atoms with van der Waals surface area (Å²) >= 11 is 14.6. The number of hydrogen-bond donors (Lipinski definition) is 1.